The molecule has 0 bridgehead atoms. The molecule has 0 spiro atoms. The predicted molar refractivity (Wildman–Crippen MR) is 147 cm³/mol. The minimum absolute atomic E-state index is 0.0838. The number of ether oxygens (including phenoxy) is 1. The van der Waals surface area contributed by atoms with Crippen molar-refractivity contribution in [1.82, 2.24) is 5.32 Å². The Morgan fingerprint density at radius 3 is 2.45 bits per heavy atom. The van der Waals surface area contributed by atoms with E-state index < -0.39 is 27.5 Å². The van der Waals surface area contributed by atoms with E-state index in [0.29, 0.717) is 17.1 Å². The fourth-order valence-electron chi connectivity index (χ4n) is 3.71. The third-order valence-electron chi connectivity index (χ3n) is 5.33. The molecular weight excluding hydrogens is 526 g/mol. The summed E-state index contributed by atoms with van der Waals surface area (Å²) in [6, 6.07) is 16.8. The largest absolute Gasteiger partial charge is 0.459 e. The van der Waals surface area contributed by atoms with Gasteiger partial charge < -0.3 is 15.8 Å². The number of carbonyl (C=O) groups is 3. The van der Waals surface area contributed by atoms with Gasteiger partial charge in [0.05, 0.1) is 15.5 Å². The maximum absolute atomic E-state index is 12.9. The Hall–Kier alpha value is -3.70. The zero-order valence-corrected chi connectivity index (χ0v) is 23.1. The normalized spacial score (nSPS) is 13.0. The quantitative estimate of drug-likeness (QED) is 0.443. The summed E-state index contributed by atoms with van der Waals surface area (Å²) in [6.07, 6.45) is 1.63. The Labute approximate surface area is 226 Å². The maximum atomic E-state index is 12.9. The number of primary amides is 1. The molecule has 1 aliphatic heterocycles. The van der Waals surface area contributed by atoms with Gasteiger partial charge in [0.2, 0.25) is 5.91 Å². The Morgan fingerprint density at radius 2 is 1.79 bits per heavy atom. The molecule has 0 saturated carbocycles. The van der Waals surface area contributed by atoms with Crippen LogP contribution < -0.4 is 15.4 Å². The fraction of sp³-hybridized carbons (Fsp3) is 0.296. The van der Waals surface area contributed by atoms with Crippen molar-refractivity contribution >= 4 is 44.8 Å². The van der Waals surface area contributed by atoms with Crippen LogP contribution in [0.15, 0.2) is 70.9 Å². The van der Waals surface area contributed by atoms with Gasteiger partial charge in [-0.3, -0.25) is 18.7 Å². The minimum atomic E-state index is -3.71. The van der Waals surface area contributed by atoms with E-state index in [9.17, 15) is 22.8 Å². The Bertz CT molecular complexity index is 1400. The van der Waals surface area contributed by atoms with Gasteiger partial charge in [-0.05, 0) is 74.9 Å². The van der Waals surface area contributed by atoms with E-state index in [1.165, 1.54) is 39.9 Å². The summed E-state index contributed by atoms with van der Waals surface area (Å²) in [5.74, 6) is -1.32. The molecule has 0 atom stereocenters. The van der Waals surface area contributed by atoms with Gasteiger partial charge in [-0.1, -0.05) is 30.3 Å². The molecule has 0 saturated heterocycles. The molecule has 11 heteroatoms. The number of nitrogens with two attached hydrogens (primary N) is 1. The van der Waals surface area contributed by atoms with Gasteiger partial charge in [-0.15, -0.1) is 11.3 Å². The summed E-state index contributed by atoms with van der Waals surface area (Å²) in [6.45, 7) is 5.68. The number of fused-ring (bicyclic) bond motifs is 1. The highest BCUT2D eigenvalue weighted by molar-refractivity contribution is 7.92. The van der Waals surface area contributed by atoms with Crippen LogP contribution in [-0.4, -0.2) is 44.9 Å². The molecule has 4 rings (SSSR count). The fourth-order valence-corrected chi connectivity index (χ4v) is 5.94. The molecule has 0 fully saturated rings. The van der Waals surface area contributed by atoms with Gasteiger partial charge in [-0.25, -0.2) is 8.42 Å². The molecule has 0 radical (unpaired) electrons. The molecule has 38 heavy (non-hydrogen) atoms. The summed E-state index contributed by atoms with van der Waals surface area (Å²) in [5.41, 5.74) is 6.62. The van der Waals surface area contributed by atoms with Crippen LogP contribution >= 0.6 is 11.3 Å². The number of amides is 2. The number of hydrogen-bond acceptors (Lipinski definition) is 7. The third kappa shape index (κ3) is 7.65. The molecule has 2 amide bonds. The topological polar surface area (TPSA) is 136 Å². The second-order valence-electron chi connectivity index (χ2n) is 9.45. The second kappa shape index (κ2) is 12.2. The smallest absolute Gasteiger partial charge is 0.325 e. The first-order chi connectivity index (χ1) is 17.9. The highest BCUT2D eigenvalue weighted by atomic mass is 32.2. The molecule has 3 aromatic rings. The Balaban J connectivity index is 0.000000223. The van der Waals surface area contributed by atoms with E-state index in [2.05, 4.69) is 5.32 Å². The van der Waals surface area contributed by atoms with Crippen molar-refractivity contribution < 1.29 is 27.5 Å². The van der Waals surface area contributed by atoms with E-state index in [1.807, 2.05) is 29.6 Å². The van der Waals surface area contributed by atoms with Crippen LogP contribution in [0.5, 0.6) is 0 Å². The summed E-state index contributed by atoms with van der Waals surface area (Å²) in [4.78, 5) is 34.7. The molecule has 2 aromatic carbocycles. The van der Waals surface area contributed by atoms with Crippen LogP contribution in [0.4, 0.5) is 5.69 Å². The molecule has 1 aromatic heterocycles. The number of benzene rings is 2. The van der Waals surface area contributed by atoms with Gasteiger partial charge in [-0.2, -0.15) is 0 Å². The van der Waals surface area contributed by atoms with Gasteiger partial charge in [0, 0.05) is 12.1 Å². The number of anilines is 1. The molecule has 2 heterocycles. The first-order valence-corrected chi connectivity index (χ1v) is 14.2. The Morgan fingerprint density at radius 1 is 1.05 bits per heavy atom. The number of hydrogen-bond donors (Lipinski definition) is 2. The van der Waals surface area contributed by atoms with Crippen molar-refractivity contribution in [2.45, 2.75) is 44.1 Å². The van der Waals surface area contributed by atoms with Crippen LogP contribution in [0.25, 0.3) is 0 Å². The molecule has 0 unspecified atom stereocenters. The van der Waals surface area contributed by atoms with E-state index in [1.54, 1.807) is 32.9 Å². The molecule has 3 N–H and O–H groups in total. The molecule has 9 nitrogen and oxygen atoms in total. The van der Waals surface area contributed by atoms with Crippen molar-refractivity contribution in [2.75, 3.05) is 17.4 Å². The van der Waals surface area contributed by atoms with E-state index in [-0.39, 0.29) is 22.9 Å². The van der Waals surface area contributed by atoms with Crippen molar-refractivity contribution in [2.24, 2.45) is 5.73 Å². The number of thiophene rings is 1. The van der Waals surface area contributed by atoms with Gasteiger partial charge in [0.15, 0.2) is 0 Å². The summed E-state index contributed by atoms with van der Waals surface area (Å²) < 4.78 is 32.3. The minimum Gasteiger partial charge on any atom is -0.459 e. The highest BCUT2D eigenvalue weighted by Gasteiger charge is 2.29. The van der Waals surface area contributed by atoms with Crippen LogP contribution in [0.1, 0.15) is 52.8 Å². The van der Waals surface area contributed by atoms with Crippen LogP contribution in [0.2, 0.25) is 0 Å². The summed E-state index contributed by atoms with van der Waals surface area (Å²) >= 11 is 1.33. The monoisotopic (exact) mass is 557 g/mol. The average Bonchev–Trinajstić information content (AvgIpc) is 3.42. The second-order valence-corrected chi connectivity index (χ2v) is 12.3. The lowest BCUT2D eigenvalue weighted by Crippen LogP contribution is -2.35. The van der Waals surface area contributed by atoms with E-state index in [4.69, 9.17) is 10.5 Å². The van der Waals surface area contributed by atoms with E-state index in [0.717, 1.165) is 18.4 Å². The number of esters is 1. The summed E-state index contributed by atoms with van der Waals surface area (Å²) in [5, 5.41) is 4.31. The lowest BCUT2D eigenvalue weighted by molar-refractivity contribution is -0.153. The lowest BCUT2D eigenvalue weighted by Gasteiger charge is -2.30. The number of aryl methyl sites for hydroxylation is 1. The van der Waals surface area contributed by atoms with Crippen molar-refractivity contribution in [3.8, 4) is 0 Å². The number of carbonyl (C=O) groups excluding carboxylic acids is 3. The predicted octanol–water partition coefficient (Wildman–Crippen LogP) is 3.75. The van der Waals surface area contributed by atoms with Crippen LogP contribution in [-0.2, 0) is 26.0 Å². The highest BCUT2D eigenvalue weighted by Crippen LogP contribution is 2.31. The zero-order valence-electron chi connectivity index (χ0n) is 21.5. The Kier molecular flexibility index (Phi) is 9.29. The third-order valence-corrected chi connectivity index (χ3v) is 8.01. The van der Waals surface area contributed by atoms with Crippen molar-refractivity contribution in [1.29, 1.82) is 0 Å². The SMILES string of the molecule is CC(C)(C)OC(=O)CNC(=O)c1cccs1.NC(=O)c1cccc(S(=O)(=O)N2CCCc3ccccc32)c1. The number of rotatable bonds is 6. The van der Waals surface area contributed by atoms with Crippen molar-refractivity contribution in [3.05, 3.63) is 82.0 Å². The van der Waals surface area contributed by atoms with Crippen LogP contribution in [0, 0.1) is 0 Å². The average molecular weight is 558 g/mol. The standard InChI is InChI=1S/C16H16N2O3S.C11H15NO3S/c17-16(19)13-6-3-8-14(11-13)22(20,21)18-10-4-7-12-5-1-2-9-15(12)18;1-11(2,3)15-9(13)7-12-10(14)8-5-4-6-16-8/h1-3,5-6,8-9,11H,4,7,10H2,(H2,17,19);4-6H,7H2,1-3H3,(H,12,14). The first kappa shape index (κ1) is 28.9. The van der Waals surface area contributed by atoms with Gasteiger partial charge in [0.1, 0.15) is 12.1 Å². The van der Waals surface area contributed by atoms with Gasteiger partial charge in [0.25, 0.3) is 15.9 Å². The molecular formula is C27H31N3O6S2. The number of nitrogens with zero attached hydrogens (tertiary/aromatic N) is 1. The van der Waals surface area contributed by atoms with Gasteiger partial charge >= 0.3 is 5.97 Å². The molecule has 202 valence electrons. The van der Waals surface area contributed by atoms with Crippen LogP contribution in [0.3, 0.4) is 0 Å². The lowest BCUT2D eigenvalue weighted by atomic mass is 10.0. The number of sulfonamides is 1. The van der Waals surface area contributed by atoms with E-state index >= 15 is 0 Å². The van der Waals surface area contributed by atoms with Crippen molar-refractivity contribution in [3.63, 3.8) is 0 Å². The molecule has 1 aliphatic rings. The number of para-hydroxylation sites is 1. The molecule has 0 aliphatic carbocycles. The maximum Gasteiger partial charge on any atom is 0.325 e. The zero-order chi connectivity index (χ0) is 27.9. The number of nitrogens with one attached hydrogen (secondary N) is 1. The summed E-state index contributed by atoms with van der Waals surface area (Å²) in [7, 11) is -3.71. The first-order valence-electron chi connectivity index (χ1n) is 11.9.